The summed E-state index contributed by atoms with van der Waals surface area (Å²) in [6.07, 6.45) is 7.45. The lowest BCUT2D eigenvalue weighted by atomic mass is 9.87. The molecule has 246 valence electrons. The molecule has 0 radical (unpaired) electrons. The zero-order chi connectivity index (χ0) is 32.9. The molecule has 7 rings (SSSR count). The van der Waals surface area contributed by atoms with Crippen LogP contribution in [0.2, 0.25) is 0 Å². The average molecular weight is 650 g/mol. The summed E-state index contributed by atoms with van der Waals surface area (Å²) in [4.78, 5) is 30.9. The summed E-state index contributed by atoms with van der Waals surface area (Å²) >= 11 is 0. The second-order valence-corrected chi connectivity index (χ2v) is 13.0. The number of hydrogen-bond acceptors (Lipinski definition) is 8. The molecule has 0 bridgehead atoms. The molecule has 3 fully saturated rings. The first-order chi connectivity index (χ1) is 22.7. The Morgan fingerprint density at radius 3 is 2.77 bits per heavy atom. The summed E-state index contributed by atoms with van der Waals surface area (Å²) in [5.74, 6) is -3.57. The second-order valence-electron chi connectivity index (χ2n) is 13.0. The van der Waals surface area contributed by atoms with Gasteiger partial charge in [0.1, 0.15) is 29.9 Å². The molecule has 3 aliphatic heterocycles. The summed E-state index contributed by atoms with van der Waals surface area (Å²) in [7, 11) is 0. The zero-order valence-electron chi connectivity index (χ0n) is 26.0. The molecule has 4 aliphatic rings. The quantitative estimate of drug-likeness (QED) is 0.254. The van der Waals surface area contributed by atoms with E-state index in [1.54, 1.807) is 11.1 Å². The first-order valence-electron chi connectivity index (χ1n) is 16.1. The van der Waals surface area contributed by atoms with Gasteiger partial charge in [0, 0.05) is 55.9 Å². The number of fused-ring (bicyclic) bond motifs is 3. The van der Waals surface area contributed by atoms with Crippen LogP contribution in [-0.2, 0) is 17.6 Å². The van der Waals surface area contributed by atoms with Crippen molar-refractivity contribution in [2.75, 3.05) is 44.2 Å². The van der Waals surface area contributed by atoms with E-state index in [9.17, 15) is 18.8 Å². The van der Waals surface area contributed by atoms with Gasteiger partial charge in [-0.05, 0) is 62.3 Å². The number of aromatic nitrogens is 3. The first kappa shape index (κ1) is 31.3. The van der Waals surface area contributed by atoms with Crippen LogP contribution in [0.4, 0.5) is 23.4 Å². The Hall–Kier alpha value is -4.31. The number of benzene rings is 1. The summed E-state index contributed by atoms with van der Waals surface area (Å²) in [6, 6.07) is 2.36. The molecule has 0 saturated carbocycles. The minimum Gasteiger partial charge on any atom is -0.461 e. The fraction of sp³-hybridized carbons (Fsp3) is 0.500. The number of piperazine rings is 1. The van der Waals surface area contributed by atoms with Crippen LogP contribution in [0.25, 0.3) is 22.0 Å². The number of ether oxygens (including phenoxy) is 1. The highest BCUT2D eigenvalue weighted by atomic mass is 19.1. The molecular weight excluding hydrogens is 614 g/mol. The van der Waals surface area contributed by atoms with E-state index >= 15 is 8.78 Å². The van der Waals surface area contributed by atoms with Gasteiger partial charge >= 0.3 is 6.01 Å². The Morgan fingerprint density at radius 1 is 1.13 bits per heavy atom. The fourth-order valence-electron chi connectivity index (χ4n) is 7.98. The van der Waals surface area contributed by atoms with Gasteiger partial charge in [-0.1, -0.05) is 6.58 Å². The van der Waals surface area contributed by atoms with Crippen molar-refractivity contribution in [3.8, 4) is 23.2 Å². The van der Waals surface area contributed by atoms with E-state index in [2.05, 4.69) is 26.4 Å². The predicted octanol–water partition coefficient (Wildman–Crippen LogP) is 5.22. The normalized spacial score (nSPS) is 24.2. The minimum atomic E-state index is -1.14. The van der Waals surface area contributed by atoms with Gasteiger partial charge < -0.3 is 14.5 Å². The molecule has 1 aliphatic carbocycles. The molecule has 3 saturated heterocycles. The van der Waals surface area contributed by atoms with Crippen LogP contribution in [0.15, 0.2) is 30.9 Å². The Kier molecular flexibility index (Phi) is 8.24. The van der Waals surface area contributed by atoms with Crippen molar-refractivity contribution in [1.29, 1.82) is 5.26 Å². The number of carbonyl (C=O) groups excluding carboxylic acids is 1. The number of hydrogen-bond donors (Lipinski definition) is 0. The lowest BCUT2D eigenvalue weighted by Crippen LogP contribution is -2.55. The number of aryl methyl sites for hydroxylation is 1. The smallest absolute Gasteiger partial charge is 0.319 e. The minimum absolute atomic E-state index is 0.0244. The van der Waals surface area contributed by atoms with Crippen molar-refractivity contribution in [3.05, 3.63) is 53.6 Å². The lowest BCUT2D eigenvalue weighted by molar-refractivity contribution is -0.131. The molecule has 47 heavy (non-hydrogen) atoms. The van der Waals surface area contributed by atoms with Gasteiger partial charge in [0.05, 0.1) is 29.6 Å². The molecule has 5 heterocycles. The van der Waals surface area contributed by atoms with E-state index in [0.29, 0.717) is 24.9 Å². The number of halogens is 4. The van der Waals surface area contributed by atoms with Crippen molar-refractivity contribution in [3.63, 3.8) is 0 Å². The molecule has 0 unspecified atom stereocenters. The number of carbonyl (C=O) groups is 1. The second kappa shape index (κ2) is 12.4. The van der Waals surface area contributed by atoms with E-state index in [-0.39, 0.29) is 61.0 Å². The zero-order valence-corrected chi connectivity index (χ0v) is 26.0. The SMILES string of the molecule is C=C(F)C(=O)N1CCN(c2nc(OC[C@@]34CCCN3C[C@H](F)C4)nc3c(F)c(-c4cncc5c4CCCC5)c(F)cc23)C[C@@H]1CC#N. The number of amides is 1. The molecule has 1 aromatic carbocycles. The predicted molar refractivity (Wildman–Crippen MR) is 166 cm³/mol. The van der Waals surface area contributed by atoms with Crippen molar-refractivity contribution in [1.82, 2.24) is 24.8 Å². The molecule has 13 heteroatoms. The molecular formula is C34H35F4N7O2. The maximum Gasteiger partial charge on any atom is 0.319 e. The highest BCUT2D eigenvalue weighted by molar-refractivity contribution is 5.95. The van der Waals surface area contributed by atoms with Crippen molar-refractivity contribution in [2.45, 2.75) is 69.1 Å². The van der Waals surface area contributed by atoms with Crippen LogP contribution in [0, 0.1) is 23.0 Å². The van der Waals surface area contributed by atoms with E-state index in [4.69, 9.17) is 4.74 Å². The largest absolute Gasteiger partial charge is 0.461 e. The van der Waals surface area contributed by atoms with Gasteiger partial charge in [0.15, 0.2) is 11.6 Å². The van der Waals surface area contributed by atoms with Gasteiger partial charge in [0.25, 0.3) is 5.91 Å². The van der Waals surface area contributed by atoms with E-state index < -0.39 is 41.1 Å². The van der Waals surface area contributed by atoms with Gasteiger partial charge in [-0.15, -0.1) is 0 Å². The Bertz CT molecular complexity index is 1800. The van der Waals surface area contributed by atoms with E-state index in [1.807, 2.05) is 6.07 Å². The summed E-state index contributed by atoms with van der Waals surface area (Å²) in [5.41, 5.74) is 1.32. The van der Waals surface area contributed by atoms with Gasteiger partial charge in [-0.3, -0.25) is 14.7 Å². The third-order valence-electron chi connectivity index (χ3n) is 10.2. The van der Waals surface area contributed by atoms with Crippen LogP contribution in [0.1, 0.15) is 49.7 Å². The lowest BCUT2D eigenvalue weighted by Gasteiger charge is -2.41. The Balaban J connectivity index is 1.33. The number of anilines is 1. The highest BCUT2D eigenvalue weighted by Crippen LogP contribution is 2.42. The first-order valence-corrected chi connectivity index (χ1v) is 16.1. The number of nitriles is 1. The molecule has 3 aromatic rings. The van der Waals surface area contributed by atoms with Crippen LogP contribution in [0.3, 0.4) is 0 Å². The highest BCUT2D eigenvalue weighted by Gasteiger charge is 2.49. The molecule has 9 nitrogen and oxygen atoms in total. The van der Waals surface area contributed by atoms with Gasteiger partial charge in [-0.2, -0.15) is 15.2 Å². The third kappa shape index (κ3) is 5.56. The van der Waals surface area contributed by atoms with Crippen molar-refractivity contribution >= 4 is 22.6 Å². The van der Waals surface area contributed by atoms with Crippen LogP contribution < -0.4 is 9.64 Å². The molecule has 1 amide bonds. The Morgan fingerprint density at radius 2 is 1.96 bits per heavy atom. The van der Waals surface area contributed by atoms with Crippen LogP contribution in [-0.4, -0.2) is 87.7 Å². The maximum atomic E-state index is 16.7. The van der Waals surface area contributed by atoms with E-state index in [0.717, 1.165) is 49.8 Å². The van der Waals surface area contributed by atoms with Crippen LogP contribution in [0.5, 0.6) is 6.01 Å². The number of nitrogens with zero attached hydrogens (tertiary/aromatic N) is 7. The number of rotatable bonds is 7. The van der Waals surface area contributed by atoms with E-state index in [1.165, 1.54) is 17.2 Å². The molecule has 0 spiro atoms. The van der Waals surface area contributed by atoms with Crippen molar-refractivity contribution < 1.29 is 27.1 Å². The van der Waals surface area contributed by atoms with Gasteiger partial charge in [0.2, 0.25) is 0 Å². The Labute approximate surface area is 269 Å². The van der Waals surface area contributed by atoms with Crippen molar-refractivity contribution in [2.24, 2.45) is 0 Å². The molecule has 0 N–H and O–H groups in total. The fourth-order valence-corrected chi connectivity index (χ4v) is 7.98. The molecule has 3 atom stereocenters. The summed E-state index contributed by atoms with van der Waals surface area (Å²) in [6.45, 7) is 4.49. The monoisotopic (exact) mass is 649 g/mol. The average Bonchev–Trinajstić information content (AvgIpc) is 3.59. The number of pyridine rings is 1. The standard InChI is InChI=1S/C34H35F4N7O2/c1-20(35)32(46)45-12-11-43(18-23(45)7-9-39)31-25-13-27(37)28(26-16-40-15-21-5-2-3-6-24(21)26)29(38)30(25)41-33(42-31)47-19-34-8-4-10-44(34)17-22(36)14-34/h13,15-16,22-23H,1-8,10-12,14,17-19H2/t22-,23+,34+/m1/s1. The topological polar surface area (TPSA) is 98.5 Å². The maximum absolute atomic E-state index is 16.7. The molecule has 2 aromatic heterocycles. The summed E-state index contributed by atoms with van der Waals surface area (Å²) < 4.78 is 67.3. The summed E-state index contributed by atoms with van der Waals surface area (Å²) in [5, 5.41) is 9.58. The van der Waals surface area contributed by atoms with Gasteiger partial charge in [-0.25, -0.2) is 17.6 Å². The third-order valence-corrected chi connectivity index (χ3v) is 10.2. The van der Waals surface area contributed by atoms with Crippen LogP contribution >= 0.6 is 0 Å². The number of alkyl halides is 1.